The van der Waals surface area contributed by atoms with Crippen molar-refractivity contribution in [1.29, 1.82) is 0 Å². The number of hydrogen-bond acceptors (Lipinski definition) is 3. The molecule has 1 saturated heterocycles. The van der Waals surface area contributed by atoms with Crippen LogP contribution in [0, 0.1) is 11.8 Å². The summed E-state index contributed by atoms with van der Waals surface area (Å²) >= 11 is 0. The lowest BCUT2D eigenvalue weighted by atomic mass is 9.83. The normalized spacial score (nSPS) is 36.0. The maximum absolute atomic E-state index is 5.75. The van der Waals surface area contributed by atoms with Crippen LogP contribution in [0.5, 0.6) is 0 Å². The number of ether oxygens (including phenoxy) is 1. The van der Waals surface area contributed by atoms with Crippen molar-refractivity contribution in [2.24, 2.45) is 11.8 Å². The van der Waals surface area contributed by atoms with Crippen LogP contribution in [0.1, 0.15) is 32.6 Å². The summed E-state index contributed by atoms with van der Waals surface area (Å²) in [6.07, 6.45) is 6.08. The molecule has 2 fully saturated rings. The minimum absolute atomic E-state index is 0.399. The van der Waals surface area contributed by atoms with Gasteiger partial charge in [-0.2, -0.15) is 0 Å². The second-order valence-electron chi connectivity index (χ2n) is 6.04. The number of nitrogens with zero attached hydrogens (tertiary/aromatic N) is 1. The Morgan fingerprint density at radius 2 is 1.94 bits per heavy atom. The first-order valence-electron chi connectivity index (χ1n) is 7.25. The fourth-order valence-electron chi connectivity index (χ4n) is 2.97. The number of likely N-dealkylation sites (N-methyl/N-ethyl adjacent to an activating group) is 1. The molecule has 0 bridgehead atoms. The van der Waals surface area contributed by atoms with Crippen LogP contribution in [0.4, 0.5) is 0 Å². The summed E-state index contributed by atoms with van der Waals surface area (Å²) in [7, 11) is 2.18. The zero-order valence-electron chi connectivity index (χ0n) is 11.5. The molecule has 3 nitrogen and oxygen atoms in total. The average Bonchev–Trinajstić information content (AvgIpc) is 2.32. The van der Waals surface area contributed by atoms with Gasteiger partial charge in [0.15, 0.2) is 0 Å². The summed E-state index contributed by atoms with van der Waals surface area (Å²) in [4.78, 5) is 2.36. The molecule has 2 rings (SSSR count). The van der Waals surface area contributed by atoms with Gasteiger partial charge < -0.3 is 15.0 Å². The number of hydrogen-bond donors (Lipinski definition) is 1. The largest absolute Gasteiger partial charge is 0.374 e. The summed E-state index contributed by atoms with van der Waals surface area (Å²) in [5.41, 5.74) is 0. The molecule has 1 aliphatic carbocycles. The van der Waals surface area contributed by atoms with E-state index < -0.39 is 0 Å². The Hall–Kier alpha value is -0.120. The van der Waals surface area contributed by atoms with E-state index >= 15 is 0 Å². The molecule has 0 aromatic rings. The van der Waals surface area contributed by atoms with Crippen molar-refractivity contribution in [3.05, 3.63) is 0 Å². The highest BCUT2D eigenvalue weighted by Gasteiger charge is 2.20. The summed E-state index contributed by atoms with van der Waals surface area (Å²) in [6, 6.07) is 0. The molecule has 0 radical (unpaired) electrons. The number of nitrogens with one attached hydrogen (secondary N) is 1. The smallest absolute Gasteiger partial charge is 0.0826 e. The quantitative estimate of drug-likeness (QED) is 0.810. The minimum Gasteiger partial charge on any atom is -0.374 e. The van der Waals surface area contributed by atoms with Crippen molar-refractivity contribution in [2.45, 2.75) is 38.7 Å². The maximum atomic E-state index is 5.75. The van der Waals surface area contributed by atoms with Gasteiger partial charge in [0.25, 0.3) is 0 Å². The van der Waals surface area contributed by atoms with Crippen LogP contribution in [-0.4, -0.2) is 50.8 Å². The standard InChI is InChI=1S/C14H28N2O/c1-12-3-5-13(6-4-12)9-15-10-14-11-16(2)7-8-17-14/h12-15H,3-11H2,1-2H3. The Bertz CT molecular complexity index is 214. The minimum atomic E-state index is 0.399. The molecule has 0 aromatic heterocycles. The Balaban J connectivity index is 1.56. The molecular formula is C14H28N2O. The molecule has 1 atom stereocenters. The molecule has 0 spiro atoms. The second-order valence-corrected chi connectivity index (χ2v) is 6.04. The van der Waals surface area contributed by atoms with E-state index in [2.05, 4.69) is 24.2 Å². The van der Waals surface area contributed by atoms with Gasteiger partial charge in [0.1, 0.15) is 0 Å². The van der Waals surface area contributed by atoms with Crippen LogP contribution in [0.2, 0.25) is 0 Å². The van der Waals surface area contributed by atoms with Crippen LogP contribution in [-0.2, 0) is 4.74 Å². The van der Waals surface area contributed by atoms with E-state index in [0.29, 0.717) is 6.10 Å². The summed E-state index contributed by atoms with van der Waals surface area (Å²) < 4.78 is 5.75. The van der Waals surface area contributed by atoms with E-state index in [9.17, 15) is 0 Å². The first kappa shape index (κ1) is 13.3. The molecule has 3 heteroatoms. The zero-order valence-corrected chi connectivity index (χ0v) is 11.5. The molecule has 0 aromatic carbocycles. The fourth-order valence-corrected chi connectivity index (χ4v) is 2.97. The topological polar surface area (TPSA) is 24.5 Å². The van der Waals surface area contributed by atoms with Crippen LogP contribution in [0.25, 0.3) is 0 Å². The summed E-state index contributed by atoms with van der Waals surface area (Å²) in [6.45, 7) is 7.65. The van der Waals surface area contributed by atoms with Crippen molar-refractivity contribution in [2.75, 3.05) is 39.8 Å². The monoisotopic (exact) mass is 240 g/mol. The van der Waals surface area contributed by atoms with Crippen molar-refractivity contribution in [3.63, 3.8) is 0 Å². The van der Waals surface area contributed by atoms with E-state index in [4.69, 9.17) is 4.74 Å². The Morgan fingerprint density at radius 3 is 2.65 bits per heavy atom. The molecule has 1 N–H and O–H groups in total. The predicted octanol–water partition coefficient (Wildman–Crippen LogP) is 1.73. The highest BCUT2D eigenvalue weighted by atomic mass is 16.5. The number of rotatable bonds is 4. The molecule has 1 unspecified atom stereocenters. The van der Waals surface area contributed by atoms with Gasteiger partial charge in [0, 0.05) is 19.6 Å². The molecule has 1 aliphatic heterocycles. The van der Waals surface area contributed by atoms with E-state index in [1.807, 2.05) is 0 Å². The third kappa shape index (κ3) is 4.57. The predicted molar refractivity (Wildman–Crippen MR) is 71.2 cm³/mol. The molecule has 1 heterocycles. The number of morpholine rings is 1. The maximum Gasteiger partial charge on any atom is 0.0826 e. The lowest BCUT2D eigenvalue weighted by Crippen LogP contribution is -2.45. The molecule has 2 aliphatic rings. The Kier molecular flexibility index (Phi) is 5.26. The van der Waals surface area contributed by atoms with Crippen molar-refractivity contribution in [3.8, 4) is 0 Å². The van der Waals surface area contributed by atoms with E-state index in [0.717, 1.165) is 38.1 Å². The average molecular weight is 240 g/mol. The lowest BCUT2D eigenvalue weighted by molar-refractivity contribution is -0.0185. The second kappa shape index (κ2) is 6.72. The van der Waals surface area contributed by atoms with Gasteiger partial charge in [-0.25, -0.2) is 0 Å². The van der Waals surface area contributed by atoms with Crippen molar-refractivity contribution in [1.82, 2.24) is 10.2 Å². The van der Waals surface area contributed by atoms with Crippen LogP contribution in [0.3, 0.4) is 0 Å². The van der Waals surface area contributed by atoms with Crippen LogP contribution >= 0.6 is 0 Å². The van der Waals surface area contributed by atoms with Gasteiger partial charge >= 0.3 is 0 Å². The third-order valence-corrected chi connectivity index (χ3v) is 4.28. The van der Waals surface area contributed by atoms with E-state index in [-0.39, 0.29) is 0 Å². The lowest BCUT2D eigenvalue weighted by Gasteiger charge is -2.31. The first-order valence-corrected chi connectivity index (χ1v) is 7.25. The Labute approximate surface area is 106 Å². The SMILES string of the molecule is CC1CCC(CNCC2CN(C)CCO2)CC1. The van der Waals surface area contributed by atoms with Crippen molar-refractivity contribution >= 4 is 0 Å². The Morgan fingerprint density at radius 1 is 1.18 bits per heavy atom. The van der Waals surface area contributed by atoms with Gasteiger partial charge in [-0.1, -0.05) is 19.8 Å². The van der Waals surface area contributed by atoms with E-state index in [1.165, 1.54) is 32.2 Å². The van der Waals surface area contributed by atoms with Gasteiger partial charge in [0.05, 0.1) is 12.7 Å². The van der Waals surface area contributed by atoms with Gasteiger partial charge in [-0.05, 0) is 38.3 Å². The van der Waals surface area contributed by atoms with Crippen molar-refractivity contribution < 1.29 is 4.74 Å². The molecule has 0 amide bonds. The highest BCUT2D eigenvalue weighted by Crippen LogP contribution is 2.27. The molecule has 1 saturated carbocycles. The summed E-state index contributed by atoms with van der Waals surface area (Å²) in [5, 5.41) is 3.61. The third-order valence-electron chi connectivity index (χ3n) is 4.28. The zero-order chi connectivity index (χ0) is 12.1. The highest BCUT2D eigenvalue weighted by molar-refractivity contribution is 4.75. The van der Waals surface area contributed by atoms with Gasteiger partial charge in [-0.15, -0.1) is 0 Å². The fraction of sp³-hybridized carbons (Fsp3) is 1.00. The molecule has 17 heavy (non-hydrogen) atoms. The summed E-state index contributed by atoms with van der Waals surface area (Å²) in [5.74, 6) is 1.87. The van der Waals surface area contributed by atoms with Gasteiger partial charge in [0.2, 0.25) is 0 Å². The first-order chi connectivity index (χ1) is 8.24. The van der Waals surface area contributed by atoms with Crippen LogP contribution < -0.4 is 5.32 Å². The van der Waals surface area contributed by atoms with Crippen LogP contribution in [0.15, 0.2) is 0 Å². The van der Waals surface area contributed by atoms with E-state index in [1.54, 1.807) is 0 Å². The molecular weight excluding hydrogens is 212 g/mol. The van der Waals surface area contributed by atoms with Gasteiger partial charge in [-0.3, -0.25) is 0 Å². The molecule has 100 valence electrons.